The Morgan fingerprint density at radius 1 is 1.33 bits per heavy atom. The first kappa shape index (κ1) is 14.9. The van der Waals surface area contributed by atoms with Gasteiger partial charge in [0.2, 0.25) is 0 Å². The van der Waals surface area contributed by atoms with E-state index in [0.717, 1.165) is 16.8 Å². The van der Waals surface area contributed by atoms with Crippen LogP contribution in [-0.2, 0) is 4.74 Å². The molecule has 2 aromatic rings. The molecule has 0 aliphatic carbocycles. The van der Waals surface area contributed by atoms with Gasteiger partial charge in [-0.25, -0.2) is 9.48 Å². The Morgan fingerprint density at radius 2 is 1.95 bits per heavy atom. The maximum Gasteiger partial charge on any atom is 0.345 e. The standard InChI is InChI=1S/C15H20N4O2/c1-5-17-14-12(15(20)21-4)13(16)19(18-14)11-7-9(2)6-10(3)8-11/h6-8H,5,16H2,1-4H3,(H,17,18). The molecule has 0 bridgehead atoms. The van der Waals surface area contributed by atoms with Crippen molar-refractivity contribution in [1.29, 1.82) is 0 Å². The minimum Gasteiger partial charge on any atom is -0.465 e. The first-order valence-electron chi connectivity index (χ1n) is 6.77. The third-order valence-corrected chi connectivity index (χ3v) is 3.11. The number of nitrogen functional groups attached to an aromatic ring is 1. The molecule has 0 radical (unpaired) electrons. The average Bonchev–Trinajstić information content (AvgIpc) is 2.74. The lowest BCUT2D eigenvalue weighted by atomic mass is 10.1. The van der Waals surface area contributed by atoms with Gasteiger partial charge in [-0.05, 0) is 44.0 Å². The van der Waals surface area contributed by atoms with Gasteiger partial charge in [0.05, 0.1) is 12.8 Å². The first-order chi connectivity index (χ1) is 9.97. The van der Waals surface area contributed by atoms with Crippen LogP contribution >= 0.6 is 0 Å². The molecule has 0 fully saturated rings. The molecule has 0 spiro atoms. The van der Waals surface area contributed by atoms with E-state index < -0.39 is 5.97 Å². The number of nitrogens with zero attached hydrogens (tertiary/aromatic N) is 2. The fourth-order valence-electron chi connectivity index (χ4n) is 2.30. The van der Waals surface area contributed by atoms with Gasteiger partial charge >= 0.3 is 5.97 Å². The zero-order chi connectivity index (χ0) is 15.6. The molecule has 2 rings (SSSR count). The van der Waals surface area contributed by atoms with Crippen molar-refractivity contribution < 1.29 is 9.53 Å². The van der Waals surface area contributed by atoms with Crippen LogP contribution in [-0.4, -0.2) is 29.4 Å². The summed E-state index contributed by atoms with van der Waals surface area (Å²) in [4.78, 5) is 11.9. The van der Waals surface area contributed by atoms with Crippen LogP contribution < -0.4 is 11.1 Å². The van der Waals surface area contributed by atoms with Crippen molar-refractivity contribution in [2.75, 3.05) is 24.7 Å². The van der Waals surface area contributed by atoms with Crippen LogP contribution in [0.4, 0.5) is 11.6 Å². The van der Waals surface area contributed by atoms with Gasteiger partial charge in [0, 0.05) is 6.54 Å². The van der Waals surface area contributed by atoms with Crippen LogP contribution in [0.1, 0.15) is 28.4 Å². The quantitative estimate of drug-likeness (QED) is 0.843. The van der Waals surface area contributed by atoms with Crippen molar-refractivity contribution in [3.05, 3.63) is 34.9 Å². The Hall–Kier alpha value is -2.50. The summed E-state index contributed by atoms with van der Waals surface area (Å²) in [5.74, 6) is 0.197. The minimum absolute atomic E-state index is 0.263. The molecule has 21 heavy (non-hydrogen) atoms. The van der Waals surface area contributed by atoms with E-state index in [1.807, 2.05) is 32.9 Å². The van der Waals surface area contributed by atoms with E-state index in [1.54, 1.807) is 4.68 Å². The van der Waals surface area contributed by atoms with Gasteiger partial charge in [-0.15, -0.1) is 5.10 Å². The predicted molar refractivity (Wildman–Crippen MR) is 83.0 cm³/mol. The van der Waals surface area contributed by atoms with Gasteiger partial charge in [-0.1, -0.05) is 6.07 Å². The van der Waals surface area contributed by atoms with Gasteiger partial charge in [-0.3, -0.25) is 0 Å². The number of nitrogens with two attached hydrogens (primary N) is 1. The Kier molecular flexibility index (Phi) is 4.16. The lowest BCUT2D eigenvalue weighted by Gasteiger charge is -2.07. The smallest absolute Gasteiger partial charge is 0.345 e. The van der Waals surface area contributed by atoms with Gasteiger partial charge in [0.1, 0.15) is 11.4 Å². The van der Waals surface area contributed by atoms with Crippen LogP contribution in [0.2, 0.25) is 0 Å². The van der Waals surface area contributed by atoms with Gasteiger partial charge in [0.15, 0.2) is 5.82 Å². The summed E-state index contributed by atoms with van der Waals surface area (Å²) in [5, 5.41) is 7.44. The predicted octanol–water partition coefficient (Wildman–Crippen LogP) is 2.29. The topological polar surface area (TPSA) is 82.2 Å². The van der Waals surface area contributed by atoms with Gasteiger partial charge in [0.25, 0.3) is 0 Å². The molecule has 0 aliphatic rings. The Labute approximate surface area is 123 Å². The number of carbonyl (C=O) groups is 1. The highest BCUT2D eigenvalue weighted by Crippen LogP contribution is 2.26. The fourth-order valence-corrected chi connectivity index (χ4v) is 2.30. The highest BCUT2D eigenvalue weighted by molar-refractivity contribution is 5.99. The summed E-state index contributed by atoms with van der Waals surface area (Å²) < 4.78 is 6.35. The number of hydrogen-bond acceptors (Lipinski definition) is 5. The second kappa shape index (κ2) is 5.87. The third kappa shape index (κ3) is 2.84. The molecule has 0 saturated heterocycles. The summed E-state index contributed by atoms with van der Waals surface area (Å²) in [6, 6.07) is 6.00. The van der Waals surface area contributed by atoms with Crippen molar-refractivity contribution in [3.8, 4) is 5.69 Å². The molecule has 0 amide bonds. The molecular weight excluding hydrogens is 268 g/mol. The van der Waals surface area contributed by atoms with Crippen LogP contribution in [0.5, 0.6) is 0 Å². The number of anilines is 2. The number of ether oxygens (including phenoxy) is 1. The maximum absolute atomic E-state index is 11.9. The van der Waals surface area contributed by atoms with E-state index in [2.05, 4.69) is 16.5 Å². The summed E-state index contributed by atoms with van der Waals surface area (Å²) in [7, 11) is 1.33. The highest BCUT2D eigenvalue weighted by atomic mass is 16.5. The summed E-state index contributed by atoms with van der Waals surface area (Å²) in [6.45, 7) is 6.56. The average molecular weight is 288 g/mol. The summed E-state index contributed by atoms with van der Waals surface area (Å²) >= 11 is 0. The molecule has 6 nitrogen and oxygen atoms in total. The molecule has 0 atom stereocenters. The monoisotopic (exact) mass is 288 g/mol. The molecule has 6 heteroatoms. The van der Waals surface area contributed by atoms with Crippen LogP contribution in [0.3, 0.4) is 0 Å². The third-order valence-electron chi connectivity index (χ3n) is 3.11. The van der Waals surface area contributed by atoms with E-state index >= 15 is 0 Å². The van der Waals surface area contributed by atoms with Crippen LogP contribution in [0, 0.1) is 13.8 Å². The normalized spacial score (nSPS) is 10.5. The number of methoxy groups -OCH3 is 1. The molecule has 0 saturated carbocycles. The Balaban J connectivity index is 2.61. The molecule has 1 heterocycles. The molecule has 1 aromatic heterocycles. The second-order valence-electron chi connectivity index (χ2n) is 4.89. The van der Waals surface area contributed by atoms with Crippen molar-refractivity contribution in [1.82, 2.24) is 9.78 Å². The Bertz CT molecular complexity index is 656. The van der Waals surface area contributed by atoms with E-state index in [9.17, 15) is 4.79 Å². The lowest BCUT2D eigenvalue weighted by Crippen LogP contribution is -2.09. The number of aromatic nitrogens is 2. The molecule has 112 valence electrons. The van der Waals surface area contributed by atoms with E-state index in [4.69, 9.17) is 10.5 Å². The first-order valence-corrected chi connectivity index (χ1v) is 6.77. The highest BCUT2D eigenvalue weighted by Gasteiger charge is 2.23. The van der Waals surface area contributed by atoms with Gasteiger partial charge in [-0.2, -0.15) is 0 Å². The van der Waals surface area contributed by atoms with Crippen molar-refractivity contribution in [3.63, 3.8) is 0 Å². The SMILES string of the molecule is CCNc1nn(-c2cc(C)cc(C)c2)c(N)c1C(=O)OC. The van der Waals surface area contributed by atoms with Crippen LogP contribution in [0.25, 0.3) is 5.69 Å². The zero-order valence-electron chi connectivity index (χ0n) is 12.7. The molecule has 0 aliphatic heterocycles. The van der Waals surface area contributed by atoms with E-state index in [1.165, 1.54) is 7.11 Å². The van der Waals surface area contributed by atoms with Crippen LogP contribution in [0.15, 0.2) is 18.2 Å². The fraction of sp³-hybridized carbons (Fsp3) is 0.333. The van der Waals surface area contributed by atoms with E-state index in [-0.39, 0.29) is 11.4 Å². The molecule has 1 aromatic carbocycles. The largest absolute Gasteiger partial charge is 0.465 e. The van der Waals surface area contributed by atoms with Crippen molar-refractivity contribution in [2.45, 2.75) is 20.8 Å². The van der Waals surface area contributed by atoms with Crippen molar-refractivity contribution >= 4 is 17.6 Å². The molecule has 3 N–H and O–H groups in total. The zero-order valence-corrected chi connectivity index (χ0v) is 12.7. The van der Waals surface area contributed by atoms with E-state index in [0.29, 0.717) is 12.4 Å². The lowest BCUT2D eigenvalue weighted by molar-refractivity contribution is 0.0603. The number of rotatable bonds is 4. The summed E-state index contributed by atoms with van der Waals surface area (Å²) in [6.07, 6.45) is 0. The maximum atomic E-state index is 11.9. The number of carbonyl (C=O) groups excluding carboxylic acids is 1. The Morgan fingerprint density at radius 3 is 2.48 bits per heavy atom. The minimum atomic E-state index is -0.501. The number of nitrogens with one attached hydrogen (secondary N) is 1. The number of esters is 1. The van der Waals surface area contributed by atoms with Gasteiger partial charge < -0.3 is 15.8 Å². The van der Waals surface area contributed by atoms with Crippen molar-refractivity contribution in [2.24, 2.45) is 0 Å². The number of aryl methyl sites for hydroxylation is 2. The second-order valence-corrected chi connectivity index (χ2v) is 4.89. The number of benzene rings is 1. The summed E-state index contributed by atoms with van der Waals surface area (Å²) in [5.41, 5.74) is 9.39. The molecular formula is C15H20N4O2. The molecule has 0 unspecified atom stereocenters. The number of hydrogen-bond donors (Lipinski definition) is 2.